The minimum absolute atomic E-state index is 0.534. The van der Waals surface area contributed by atoms with Gasteiger partial charge in [-0.1, -0.05) is 6.07 Å². The molecule has 21 heavy (non-hydrogen) atoms. The predicted octanol–water partition coefficient (Wildman–Crippen LogP) is 2.80. The topological polar surface area (TPSA) is 27.3 Å². The number of benzene rings is 1. The largest absolute Gasteiger partial charge is 0.416 e. The number of nitrogens with one attached hydrogen (secondary N) is 2. The minimum atomic E-state index is -4.28. The average molecular weight is 301 g/mol. The van der Waals surface area contributed by atoms with Crippen molar-refractivity contribution in [2.75, 3.05) is 44.6 Å². The number of halogens is 3. The van der Waals surface area contributed by atoms with Crippen LogP contribution in [0, 0.1) is 0 Å². The Hall–Kier alpha value is -1.27. The number of alkyl halides is 3. The lowest BCUT2D eigenvalue weighted by atomic mass is 10.2. The number of rotatable bonds is 6. The fraction of sp³-hybridized carbons (Fsp3) is 0.600. The third kappa shape index (κ3) is 5.55. The van der Waals surface area contributed by atoms with Crippen molar-refractivity contribution in [2.24, 2.45) is 0 Å². The van der Waals surface area contributed by atoms with Gasteiger partial charge in [0.25, 0.3) is 0 Å². The molecule has 0 bridgehead atoms. The van der Waals surface area contributed by atoms with Gasteiger partial charge in [0.1, 0.15) is 0 Å². The lowest BCUT2D eigenvalue weighted by Crippen LogP contribution is -2.43. The molecule has 0 saturated carbocycles. The van der Waals surface area contributed by atoms with Crippen molar-refractivity contribution < 1.29 is 13.2 Å². The van der Waals surface area contributed by atoms with Gasteiger partial charge >= 0.3 is 6.18 Å². The second-order valence-corrected chi connectivity index (χ2v) is 5.30. The fourth-order valence-electron chi connectivity index (χ4n) is 2.43. The molecule has 0 unspecified atom stereocenters. The first-order valence-electron chi connectivity index (χ1n) is 7.40. The van der Waals surface area contributed by atoms with Crippen LogP contribution in [0.25, 0.3) is 0 Å². The van der Waals surface area contributed by atoms with Gasteiger partial charge in [-0.05, 0) is 37.6 Å². The molecule has 2 N–H and O–H groups in total. The van der Waals surface area contributed by atoms with Gasteiger partial charge in [0.05, 0.1) is 5.56 Å². The van der Waals surface area contributed by atoms with Gasteiger partial charge in [-0.15, -0.1) is 0 Å². The van der Waals surface area contributed by atoms with Crippen molar-refractivity contribution in [1.82, 2.24) is 10.2 Å². The zero-order valence-electron chi connectivity index (χ0n) is 12.0. The van der Waals surface area contributed by atoms with Crippen molar-refractivity contribution in [3.05, 3.63) is 29.8 Å². The summed E-state index contributed by atoms with van der Waals surface area (Å²) in [6, 6.07) is 5.36. The van der Waals surface area contributed by atoms with E-state index in [4.69, 9.17) is 0 Å². The summed E-state index contributed by atoms with van der Waals surface area (Å²) in [7, 11) is 0. The van der Waals surface area contributed by atoms with Crippen LogP contribution < -0.4 is 10.6 Å². The molecule has 0 amide bonds. The van der Waals surface area contributed by atoms with E-state index >= 15 is 0 Å². The second kappa shape index (κ2) is 7.66. The quantitative estimate of drug-likeness (QED) is 0.791. The Bertz CT molecular complexity index is 428. The van der Waals surface area contributed by atoms with E-state index in [1.54, 1.807) is 6.07 Å². The third-order valence-corrected chi connectivity index (χ3v) is 3.63. The van der Waals surface area contributed by atoms with E-state index < -0.39 is 11.7 Å². The lowest BCUT2D eigenvalue weighted by Gasteiger charge is -2.27. The molecule has 1 fully saturated rings. The highest BCUT2D eigenvalue weighted by molar-refractivity contribution is 5.46. The van der Waals surface area contributed by atoms with E-state index in [1.807, 2.05) is 0 Å². The summed E-state index contributed by atoms with van der Waals surface area (Å²) in [5.74, 6) is 0. The maximum atomic E-state index is 12.6. The van der Waals surface area contributed by atoms with E-state index in [0.29, 0.717) is 12.2 Å². The lowest BCUT2D eigenvalue weighted by molar-refractivity contribution is -0.137. The standard InChI is InChI=1S/C15H22F3N3/c16-15(17,18)13-4-3-5-14(12-13)20-6-1-2-9-21-10-7-19-8-11-21/h3-5,12,19-20H,1-2,6-11H2. The highest BCUT2D eigenvalue weighted by atomic mass is 19.4. The zero-order valence-corrected chi connectivity index (χ0v) is 12.0. The van der Waals surface area contributed by atoms with E-state index in [1.165, 1.54) is 6.07 Å². The molecule has 1 aromatic carbocycles. The average Bonchev–Trinajstić information content (AvgIpc) is 2.47. The molecule has 118 valence electrons. The van der Waals surface area contributed by atoms with Crippen molar-refractivity contribution in [2.45, 2.75) is 19.0 Å². The normalized spacial score (nSPS) is 16.9. The molecule has 0 atom stereocenters. The Morgan fingerprint density at radius 2 is 1.90 bits per heavy atom. The number of hydrogen-bond donors (Lipinski definition) is 2. The van der Waals surface area contributed by atoms with Crippen LogP contribution >= 0.6 is 0 Å². The maximum Gasteiger partial charge on any atom is 0.416 e. The van der Waals surface area contributed by atoms with Crippen LogP contribution in [0.2, 0.25) is 0 Å². The predicted molar refractivity (Wildman–Crippen MR) is 78.5 cm³/mol. The van der Waals surface area contributed by atoms with Crippen molar-refractivity contribution in [1.29, 1.82) is 0 Å². The summed E-state index contributed by atoms with van der Waals surface area (Å²) in [6.07, 6.45) is -2.26. The van der Waals surface area contributed by atoms with Gasteiger partial charge in [0.2, 0.25) is 0 Å². The van der Waals surface area contributed by atoms with E-state index in [9.17, 15) is 13.2 Å². The SMILES string of the molecule is FC(F)(F)c1cccc(NCCCCN2CCNCC2)c1. The Morgan fingerprint density at radius 3 is 2.62 bits per heavy atom. The molecule has 3 nitrogen and oxygen atoms in total. The van der Waals surface area contributed by atoms with Gasteiger partial charge in [0, 0.05) is 38.4 Å². The van der Waals surface area contributed by atoms with Crippen LogP contribution in [-0.2, 0) is 6.18 Å². The first kappa shape index (κ1) is 16.1. The van der Waals surface area contributed by atoms with Crippen LogP contribution in [0.4, 0.5) is 18.9 Å². The molecular weight excluding hydrogens is 279 g/mol. The van der Waals surface area contributed by atoms with Crippen molar-refractivity contribution in [3.8, 4) is 0 Å². The molecule has 0 radical (unpaired) electrons. The molecular formula is C15H22F3N3. The number of unbranched alkanes of at least 4 members (excludes halogenated alkanes) is 1. The van der Waals surface area contributed by atoms with Gasteiger partial charge in [0.15, 0.2) is 0 Å². The Labute approximate surface area is 123 Å². The third-order valence-electron chi connectivity index (χ3n) is 3.63. The number of hydrogen-bond acceptors (Lipinski definition) is 3. The van der Waals surface area contributed by atoms with E-state index in [-0.39, 0.29) is 0 Å². The number of nitrogens with zero attached hydrogens (tertiary/aromatic N) is 1. The minimum Gasteiger partial charge on any atom is -0.385 e. The Kier molecular flexibility index (Phi) is 5.87. The summed E-state index contributed by atoms with van der Waals surface area (Å²) in [4.78, 5) is 2.42. The molecule has 0 spiro atoms. The highest BCUT2D eigenvalue weighted by Crippen LogP contribution is 2.30. The van der Waals surface area contributed by atoms with Gasteiger partial charge in [-0.2, -0.15) is 13.2 Å². The molecule has 1 saturated heterocycles. The molecule has 1 heterocycles. The van der Waals surface area contributed by atoms with Gasteiger partial charge in [-0.3, -0.25) is 0 Å². The van der Waals surface area contributed by atoms with E-state index in [2.05, 4.69) is 15.5 Å². The zero-order chi connectivity index (χ0) is 15.1. The summed E-state index contributed by atoms with van der Waals surface area (Å²) >= 11 is 0. The van der Waals surface area contributed by atoms with Crippen LogP contribution in [0.3, 0.4) is 0 Å². The fourth-order valence-corrected chi connectivity index (χ4v) is 2.43. The summed E-state index contributed by atoms with van der Waals surface area (Å²) in [5.41, 5.74) is -0.0692. The number of piperazine rings is 1. The molecule has 0 aromatic heterocycles. The molecule has 6 heteroatoms. The van der Waals surface area contributed by atoms with Gasteiger partial charge in [-0.25, -0.2) is 0 Å². The van der Waals surface area contributed by atoms with Crippen LogP contribution in [0.5, 0.6) is 0 Å². The van der Waals surface area contributed by atoms with Crippen LogP contribution in [0.15, 0.2) is 24.3 Å². The molecule has 1 aliphatic heterocycles. The van der Waals surface area contributed by atoms with Gasteiger partial charge < -0.3 is 15.5 Å². The smallest absolute Gasteiger partial charge is 0.385 e. The Balaban J connectivity index is 1.66. The molecule has 2 rings (SSSR count). The molecule has 1 aliphatic rings. The molecule has 1 aromatic rings. The van der Waals surface area contributed by atoms with E-state index in [0.717, 1.165) is 57.7 Å². The first-order valence-corrected chi connectivity index (χ1v) is 7.40. The molecule has 0 aliphatic carbocycles. The van der Waals surface area contributed by atoms with Crippen LogP contribution in [-0.4, -0.2) is 44.2 Å². The number of anilines is 1. The van der Waals surface area contributed by atoms with Crippen molar-refractivity contribution in [3.63, 3.8) is 0 Å². The Morgan fingerprint density at radius 1 is 1.14 bits per heavy atom. The summed E-state index contributed by atoms with van der Waals surface area (Å²) in [6.45, 7) is 6.02. The maximum absolute atomic E-state index is 12.6. The highest BCUT2D eigenvalue weighted by Gasteiger charge is 2.30. The van der Waals surface area contributed by atoms with Crippen molar-refractivity contribution >= 4 is 5.69 Å². The summed E-state index contributed by atoms with van der Waals surface area (Å²) < 4.78 is 37.7. The summed E-state index contributed by atoms with van der Waals surface area (Å²) in [5, 5.41) is 6.37. The first-order chi connectivity index (χ1) is 10.1. The van der Waals surface area contributed by atoms with Crippen LogP contribution in [0.1, 0.15) is 18.4 Å². The second-order valence-electron chi connectivity index (χ2n) is 5.30. The monoisotopic (exact) mass is 301 g/mol.